The van der Waals surface area contributed by atoms with Crippen LogP contribution in [0.3, 0.4) is 0 Å². The van der Waals surface area contributed by atoms with E-state index in [4.69, 9.17) is 0 Å². The molecule has 130 valence electrons. The molecule has 0 aliphatic rings. The van der Waals surface area contributed by atoms with Gasteiger partial charge in [-0.05, 0) is 32.3 Å². The van der Waals surface area contributed by atoms with Crippen molar-refractivity contribution in [2.24, 2.45) is 0 Å². The maximum Gasteiger partial charge on any atom is 0.254 e. The van der Waals surface area contributed by atoms with E-state index in [9.17, 15) is 9.90 Å². The highest BCUT2D eigenvalue weighted by atomic mass is 16.3. The van der Waals surface area contributed by atoms with Crippen LogP contribution in [0.4, 0.5) is 0 Å². The highest BCUT2D eigenvalue weighted by molar-refractivity contribution is 5.95. The number of aromatic nitrogens is 2. The monoisotopic (exact) mass is 329 g/mol. The first-order valence-corrected chi connectivity index (χ1v) is 8.54. The fourth-order valence-electron chi connectivity index (χ4n) is 2.84. The molecule has 1 aromatic carbocycles. The molecule has 1 aromatic heterocycles. The largest absolute Gasteiger partial charge is 0.387 e. The topological polar surface area (TPSA) is 67.2 Å². The lowest BCUT2D eigenvalue weighted by Gasteiger charge is -2.16. The Hall–Kier alpha value is -2.14. The van der Waals surface area contributed by atoms with Gasteiger partial charge in [-0.25, -0.2) is 0 Å². The van der Waals surface area contributed by atoms with Gasteiger partial charge in [-0.1, -0.05) is 43.7 Å². The third-order valence-electron chi connectivity index (χ3n) is 4.50. The second-order valence-electron chi connectivity index (χ2n) is 6.20. The van der Waals surface area contributed by atoms with E-state index in [0.717, 1.165) is 29.7 Å². The first-order valence-electron chi connectivity index (χ1n) is 8.54. The summed E-state index contributed by atoms with van der Waals surface area (Å²) in [4.78, 5) is 12.4. The number of aryl methyl sites for hydroxylation is 1. The summed E-state index contributed by atoms with van der Waals surface area (Å²) in [5.74, 6) is -0.198. The molecule has 0 bridgehead atoms. The number of nitrogens with one attached hydrogen (secondary N) is 1. The Balaban J connectivity index is 2.01. The van der Waals surface area contributed by atoms with Crippen LogP contribution in [-0.2, 0) is 0 Å². The van der Waals surface area contributed by atoms with Gasteiger partial charge in [0.15, 0.2) is 0 Å². The minimum atomic E-state index is -0.719. The van der Waals surface area contributed by atoms with Crippen molar-refractivity contribution in [1.82, 2.24) is 15.1 Å². The fourth-order valence-corrected chi connectivity index (χ4v) is 2.84. The molecule has 0 fully saturated rings. The molecule has 0 saturated heterocycles. The number of benzene rings is 1. The van der Waals surface area contributed by atoms with Crippen molar-refractivity contribution in [1.29, 1.82) is 0 Å². The molecule has 1 amide bonds. The molecule has 24 heavy (non-hydrogen) atoms. The quantitative estimate of drug-likeness (QED) is 0.819. The Morgan fingerprint density at radius 2 is 1.83 bits per heavy atom. The summed E-state index contributed by atoms with van der Waals surface area (Å²) in [6, 6.07) is 7.96. The van der Waals surface area contributed by atoms with Crippen LogP contribution >= 0.6 is 0 Å². The molecule has 0 aliphatic heterocycles. The summed E-state index contributed by atoms with van der Waals surface area (Å²) in [7, 11) is 0. The Morgan fingerprint density at radius 3 is 2.42 bits per heavy atom. The van der Waals surface area contributed by atoms with Crippen molar-refractivity contribution in [3.63, 3.8) is 0 Å². The van der Waals surface area contributed by atoms with Crippen LogP contribution in [0.1, 0.15) is 66.0 Å². The van der Waals surface area contributed by atoms with E-state index < -0.39 is 6.10 Å². The molecule has 1 heterocycles. The fraction of sp³-hybridized carbons (Fsp3) is 0.474. The molecular weight excluding hydrogens is 302 g/mol. The van der Waals surface area contributed by atoms with E-state index in [2.05, 4.69) is 24.3 Å². The van der Waals surface area contributed by atoms with E-state index in [1.165, 1.54) is 0 Å². The van der Waals surface area contributed by atoms with Crippen molar-refractivity contribution < 1.29 is 9.90 Å². The van der Waals surface area contributed by atoms with Gasteiger partial charge in [0, 0.05) is 12.2 Å². The van der Waals surface area contributed by atoms with Gasteiger partial charge < -0.3 is 10.4 Å². The third-order valence-corrected chi connectivity index (χ3v) is 4.50. The van der Waals surface area contributed by atoms with Crippen molar-refractivity contribution in [2.45, 2.75) is 52.7 Å². The van der Waals surface area contributed by atoms with Crippen LogP contribution < -0.4 is 5.32 Å². The molecule has 2 rings (SSSR count). The summed E-state index contributed by atoms with van der Waals surface area (Å²) >= 11 is 0. The number of aliphatic hydroxyl groups excluding tert-OH is 1. The van der Waals surface area contributed by atoms with Gasteiger partial charge in [0.05, 0.1) is 23.9 Å². The second-order valence-corrected chi connectivity index (χ2v) is 6.20. The number of nitrogens with zero attached hydrogens (tertiary/aromatic N) is 2. The summed E-state index contributed by atoms with van der Waals surface area (Å²) < 4.78 is 1.92. The molecule has 2 aromatic rings. The highest BCUT2D eigenvalue weighted by Gasteiger charge is 2.18. The summed E-state index contributed by atoms with van der Waals surface area (Å²) in [6.45, 7) is 8.33. The van der Waals surface area contributed by atoms with E-state index >= 15 is 0 Å². The number of carbonyl (C=O) groups excluding carboxylic acids is 1. The van der Waals surface area contributed by atoms with Crippen LogP contribution in [0.25, 0.3) is 0 Å². The van der Waals surface area contributed by atoms with Crippen molar-refractivity contribution >= 4 is 5.91 Å². The van der Waals surface area contributed by atoms with Gasteiger partial charge in [-0.2, -0.15) is 5.10 Å². The lowest BCUT2D eigenvalue weighted by Crippen LogP contribution is -2.28. The van der Waals surface area contributed by atoms with Gasteiger partial charge in [0.25, 0.3) is 5.91 Å². The molecule has 1 atom stereocenters. The lowest BCUT2D eigenvalue weighted by atomic mass is 10.1. The normalized spacial score (nSPS) is 12.4. The van der Waals surface area contributed by atoms with Crippen LogP contribution in [0.2, 0.25) is 0 Å². The highest BCUT2D eigenvalue weighted by Crippen LogP contribution is 2.19. The Bertz CT molecular complexity index is 672. The van der Waals surface area contributed by atoms with Crippen molar-refractivity contribution in [2.75, 3.05) is 6.54 Å². The molecule has 0 aliphatic carbocycles. The average molecular weight is 329 g/mol. The van der Waals surface area contributed by atoms with Crippen LogP contribution in [-0.4, -0.2) is 27.3 Å². The summed E-state index contributed by atoms with van der Waals surface area (Å²) in [5, 5.41) is 17.4. The molecule has 1 unspecified atom stereocenters. The predicted octanol–water partition coefficient (Wildman–Crippen LogP) is 3.32. The zero-order valence-electron chi connectivity index (χ0n) is 14.9. The second kappa shape index (κ2) is 8.11. The molecule has 0 saturated carbocycles. The van der Waals surface area contributed by atoms with Crippen molar-refractivity contribution in [3.05, 3.63) is 52.8 Å². The van der Waals surface area contributed by atoms with Crippen LogP contribution in [0.5, 0.6) is 0 Å². The number of hydrogen-bond donors (Lipinski definition) is 2. The number of carbonyl (C=O) groups is 1. The zero-order valence-corrected chi connectivity index (χ0v) is 14.9. The summed E-state index contributed by atoms with van der Waals surface area (Å²) in [6.07, 6.45) is 2.85. The first-order chi connectivity index (χ1) is 11.5. The SMILES string of the molecule is CCC(CC)n1ncc(C(=O)NCC(O)c2ccc(C)cc2)c1C. The number of hydrogen-bond acceptors (Lipinski definition) is 3. The standard InChI is InChI=1S/C19H27N3O2/c1-5-16(6-2)22-14(4)17(11-21-22)19(24)20-12-18(23)15-9-7-13(3)8-10-15/h7-11,16,18,23H,5-6,12H2,1-4H3,(H,20,24). The maximum absolute atomic E-state index is 12.4. The maximum atomic E-state index is 12.4. The zero-order chi connectivity index (χ0) is 17.7. The van der Waals surface area contributed by atoms with Gasteiger partial charge in [0.2, 0.25) is 0 Å². The van der Waals surface area contributed by atoms with Crippen molar-refractivity contribution in [3.8, 4) is 0 Å². The third kappa shape index (κ3) is 4.03. The Labute approximate surface area is 143 Å². The van der Waals surface area contributed by atoms with E-state index in [0.29, 0.717) is 11.6 Å². The van der Waals surface area contributed by atoms with Gasteiger partial charge in [0.1, 0.15) is 0 Å². The molecule has 2 N–H and O–H groups in total. The average Bonchev–Trinajstić information content (AvgIpc) is 2.96. The number of aliphatic hydroxyl groups is 1. The predicted molar refractivity (Wildman–Crippen MR) is 95.1 cm³/mol. The lowest BCUT2D eigenvalue weighted by molar-refractivity contribution is 0.0915. The number of rotatable bonds is 7. The molecular formula is C19H27N3O2. The van der Waals surface area contributed by atoms with E-state index in [1.807, 2.05) is 42.8 Å². The van der Waals surface area contributed by atoms with Gasteiger partial charge >= 0.3 is 0 Å². The van der Waals surface area contributed by atoms with Crippen LogP contribution in [0, 0.1) is 13.8 Å². The minimum Gasteiger partial charge on any atom is -0.387 e. The molecule has 5 nitrogen and oxygen atoms in total. The smallest absolute Gasteiger partial charge is 0.254 e. The number of amides is 1. The summed E-state index contributed by atoms with van der Waals surface area (Å²) in [5.41, 5.74) is 3.37. The van der Waals surface area contributed by atoms with Crippen LogP contribution in [0.15, 0.2) is 30.5 Å². The van der Waals surface area contributed by atoms with E-state index in [1.54, 1.807) is 6.20 Å². The Morgan fingerprint density at radius 1 is 1.21 bits per heavy atom. The molecule has 5 heteroatoms. The van der Waals surface area contributed by atoms with E-state index in [-0.39, 0.29) is 12.5 Å². The first kappa shape index (κ1) is 18.2. The molecule has 0 radical (unpaired) electrons. The molecule has 0 spiro atoms. The Kier molecular flexibility index (Phi) is 6.15. The minimum absolute atomic E-state index is 0.178. The van der Waals surface area contributed by atoms with Gasteiger partial charge in [-0.15, -0.1) is 0 Å². The van der Waals surface area contributed by atoms with Gasteiger partial charge in [-0.3, -0.25) is 9.48 Å².